The summed E-state index contributed by atoms with van der Waals surface area (Å²) < 4.78 is 7.22. The molecule has 140 valence electrons. The lowest BCUT2D eigenvalue weighted by Gasteiger charge is -2.35. The van der Waals surface area contributed by atoms with Crippen molar-refractivity contribution in [3.8, 4) is 0 Å². The summed E-state index contributed by atoms with van der Waals surface area (Å²) in [7, 11) is 0. The molecule has 0 spiro atoms. The van der Waals surface area contributed by atoms with E-state index < -0.39 is 5.60 Å². The molecule has 0 saturated carbocycles. The van der Waals surface area contributed by atoms with Gasteiger partial charge in [-0.2, -0.15) is 5.10 Å². The fourth-order valence-corrected chi connectivity index (χ4v) is 2.58. The molecular weight excluding hydrogens is 322 g/mol. The maximum atomic E-state index is 12.3. The van der Waals surface area contributed by atoms with Gasteiger partial charge in [0, 0.05) is 51.7 Å². The summed E-state index contributed by atoms with van der Waals surface area (Å²) >= 11 is 0. The molecule has 25 heavy (non-hydrogen) atoms. The predicted octanol–water partition coefficient (Wildman–Crippen LogP) is 1.78. The van der Waals surface area contributed by atoms with Crippen LogP contribution in [0.25, 0.3) is 0 Å². The third-order valence-electron chi connectivity index (χ3n) is 3.88. The second-order valence-electron chi connectivity index (χ2n) is 7.47. The molecule has 0 aliphatic carbocycles. The van der Waals surface area contributed by atoms with Crippen LogP contribution in [0.4, 0.5) is 9.59 Å². The monoisotopic (exact) mass is 351 g/mol. The first-order chi connectivity index (χ1) is 11.7. The zero-order valence-corrected chi connectivity index (χ0v) is 15.6. The lowest BCUT2D eigenvalue weighted by Crippen LogP contribution is -2.54. The minimum Gasteiger partial charge on any atom is -0.444 e. The van der Waals surface area contributed by atoms with Crippen LogP contribution in [-0.2, 0) is 11.3 Å². The van der Waals surface area contributed by atoms with Crippen LogP contribution in [0, 0.1) is 5.92 Å². The van der Waals surface area contributed by atoms with E-state index in [0.717, 1.165) is 6.54 Å². The summed E-state index contributed by atoms with van der Waals surface area (Å²) in [5.74, 6) is 0.284. The standard InChI is InChI=1S/C17H29N5O3/c1-14(13-22-7-5-6-19-22)12-18-15(23)20-8-10-21(11-9-20)16(24)25-17(2,3)4/h5-7,14H,8-13H2,1-4H3,(H,18,23). The van der Waals surface area contributed by atoms with E-state index in [2.05, 4.69) is 17.3 Å². The van der Waals surface area contributed by atoms with E-state index in [1.165, 1.54) is 0 Å². The summed E-state index contributed by atoms with van der Waals surface area (Å²) in [6.07, 6.45) is 3.34. The zero-order valence-electron chi connectivity index (χ0n) is 15.6. The maximum absolute atomic E-state index is 12.3. The Balaban J connectivity index is 1.69. The van der Waals surface area contributed by atoms with Crippen molar-refractivity contribution >= 4 is 12.1 Å². The summed E-state index contributed by atoms with van der Waals surface area (Å²) in [6.45, 7) is 11.0. The fourth-order valence-electron chi connectivity index (χ4n) is 2.58. The molecule has 3 amide bonds. The number of carbonyl (C=O) groups is 2. The topological polar surface area (TPSA) is 79.7 Å². The Kier molecular flexibility index (Phi) is 6.27. The summed E-state index contributed by atoms with van der Waals surface area (Å²) in [6, 6.07) is 1.80. The Hall–Kier alpha value is -2.25. The molecule has 1 aromatic rings. The largest absolute Gasteiger partial charge is 0.444 e. The number of nitrogens with zero attached hydrogens (tertiary/aromatic N) is 4. The van der Waals surface area contributed by atoms with Gasteiger partial charge in [-0.25, -0.2) is 9.59 Å². The molecule has 8 nitrogen and oxygen atoms in total. The minimum atomic E-state index is -0.504. The molecule has 1 aromatic heterocycles. The van der Waals surface area contributed by atoms with Gasteiger partial charge in [0.15, 0.2) is 0 Å². The first-order valence-electron chi connectivity index (χ1n) is 8.73. The molecule has 0 aromatic carbocycles. The summed E-state index contributed by atoms with van der Waals surface area (Å²) in [5.41, 5.74) is -0.504. The van der Waals surface area contributed by atoms with Crippen LogP contribution in [0.5, 0.6) is 0 Å². The van der Waals surface area contributed by atoms with Crippen LogP contribution in [0.1, 0.15) is 27.7 Å². The van der Waals surface area contributed by atoms with Crippen LogP contribution >= 0.6 is 0 Å². The van der Waals surface area contributed by atoms with Crippen molar-refractivity contribution in [2.24, 2.45) is 5.92 Å². The van der Waals surface area contributed by atoms with Gasteiger partial charge in [0.05, 0.1) is 0 Å². The minimum absolute atomic E-state index is 0.0869. The SMILES string of the molecule is CC(CNC(=O)N1CCN(C(=O)OC(C)(C)C)CC1)Cn1cccn1. The number of rotatable bonds is 4. The average molecular weight is 351 g/mol. The molecular formula is C17H29N5O3. The molecule has 2 heterocycles. The van der Waals surface area contributed by atoms with Crippen molar-refractivity contribution < 1.29 is 14.3 Å². The number of amides is 3. The Bertz CT molecular complexity index is 559. The molecule has 1 fully saturated rings. The van der Waals surface area contributed by atoms with Gasteiger partial charge < -0.3 is 19.9 Å². The van der Waals surface area contributed by atoms with Gasteiger partial charge >= 0.3 is 12.1 Å². The number of aromatic nitrogens is 2. The maximum Gasteiger partial charge on any atom is 0.410 e. The van der Waals surface area contributed by atoms with Crippen molar-refractivity contribution in [1.82, 2.24) is 24.9 Å². The molecule has 0 bridgehead atoms. The van der Waals surface area contributed by atoms with E-state index in [9.17, 15) is 9.59 Å². The fraction of sp³-hybridized carbons (Fsp3) is 0.706. The van der Waals surface area contributed by atoms with E-state index in [-0.39, 0.29) is 18.0 Å². The second-order valence-corrected chi connectivity index (χ2v) is 7.47. The lowest BCUT2D eigenvalue weighted by atomic mass is 10.2. The van der Waals surface area contributed by atoms with Gasteiger partial charge in [-0.1, -0.05) is 6.92 Å². The number of ether oxygens (including phenoxy) is 1. The number of urea groups is 1. The van der Waals surface area contributed by atoms with Crippen molar-refractivity contribution in [1.29, 1.82) is 0 Å². The predicted molar refractivity (Wildman–Crippen MR) is 94.2 cm³/mol. The van der Waals surface area contributed by atoms with Crippen molar-refractivity contribution in [2.75, 3.05) is 32.7 Å². The first-order valence-corrected chi connectivity index (χ1v) is 8.73. The summed E-state index contributed by atoms with van der Waals surface area (Å²) in [4.78, 5) is 27.7. The zero-order chi connectivity index (χ0) is 18.4. The van der Waals surface area contributed by atoms with Gasteiger partial charge in [0.2, 0.25) is 0 Å². The Labute approximate surface area is 149 Å². The van der Waals surface area contributed by atoms with Crippen LogP contribution in [0.3, 0.4) is 0 Å². The summed E-state index contributed by atoms with van der Waals surface area (Å²) in [5, 5.41) is 7.13. The highest BCUT2D eigenvalue weighted by Crippen LogP contribution is 2.12. The molecule has 0 radical (unpaired) electrons. The van der Waals surface area contributed by atoms with Crippen molar-refractivity contribution in [3.63, 3.8) is 0 Å². The van der Waals surface area contributed by atoms with Crippen LogP contribution < -0.4 is 5.32 Å². The lowest BCUT2D eigenvalue weighted by molar-refractivity contribution is 0.0170. The molecule has 8 heteroatoms. The first kappa shape index (κ1) is 19.1. The van der Waals surface area contributed by atoms with Crippen LogP contribution in [0.2, 0.25) is 0 Å². The smallest absolute Gasteiger partial charge is 0.410 e. The normalized spacial score (nSPS) is 16.5. The highest BCUT2D eigenvalue weighted by Gasteiger charge is 2.27. The molecule has 1 aliphatic heterocycles. The number of piperazine rings is 1. The molecule has 1 saturated heterocycles. The Morgan fingerprint density at radius 3 is 2.40 bits per heavy atom. The van der Waals surface area contributed by atoms with Crippen LogP contribution in [0.15, 0.2) is 18.5 Å². The third-order valence-corrected chi connectivity index (χ3v) is 3.88. The Morgan fingerprint density at radius 1 is 1.20 bits per heavy atom. The number of carbonyl (C=O) groups excluding carboxylic acids is 2. The average Bonchev–Trinajstić information content (AvgIpc) is 3.04. The number of nitrogens with one attached hydrogen (secondary N) is 1. The highest BCUT2D eigenvalue weighted by atomic mass is 16.6. The van der Waals surface area contributed by atoms with Gasteiger partial charge in [-0.05, 0) is 32.8 Å². The number of hydrogen-bond donors (Lipinski definition) is 1. The molecule has 1 N–H and O–H groups in total. The van der Waals surface area contributed by atoms with E-state index >= 15 is 0 Å². The van der Waals surface area contributed by atoms with E-state index in [0.29, 0.717) is 32.7 Å². The van der Waals surface area contributed by atoms with E-state index in [1.54, 1.807) is 16.0 Å². The Morgan fingerprint density at radius 2 is 1.84 bits per heavy atom. The van der Waals surface area contributed by atoms with Crippen molar-refractivity contribution in [3.05, 3.63) is 18.5 Å². The van der Waals surface area contributed by atoms with E-state index in [1.807, 2.05) is 37.7 Å². The molecule has 2 rings (SSSR count). The molecule has 1 unspecified atom stereocenters. The highest BCUT2D eigenvalue weighted by molar-refractivity contribution is 5.75. The van der Waals surface area contributed by atoms with Gasteiger partial charge in [-0.15, -0.1) is 0 Å². The number of hydrogen-bond acceptors (Lipinski definition) is 4. The van der Waals surface area contributed by atoms with Crippen LogP contribution in [-0.4, -0.2) is 70.0 Å². The van der Waals surface area contributed by atoms with Gasteiger partial charge in [0.25, 0.3) is 0 Å². The van der Waals surface area contributed by atoms with E-state index in [4.69, 9.17) is 4.74 Å². The quantitative estimate of drug-likeness (QED) is 0.897. The molecule has 1 atom stereocenters. The molecule has 1 aliphatic rings. The van der Waals surface area contributed by atoms with Crippen molar-refractivity contribution in [2.45, 2.75) is 39.8 Å². The van der Waals surface area contributed by atoms with Gasteiger partial charge in [-0.3, -0.25) is 4.68 Å². The van der Waals surface area contributed by atoms with Gasteiger partial charge in [0.1, 0.15) is 5.60 Å². The second kappa shape index (κ2) is 8.22. The third kappa shape index (κ3) is 6.28.